The SMILES string of the molecule is CC1CCN(C(=O)[C@@H](C)Oc2cccc(N)c2)CC1. The van der Waals surface area contributed by atoms with Crippen LogP contribution in [0.4, 0.5) is 5.69 Å². The van der Waals surface area contributed by atoms with E-state index in [1.54, 1.807) is 19.1 Å². The van der Waals surface area contributed by atoms with Crippen LogP contribution in [0.15, 0.2) is 24.3 Å². The van der Waals surface area contributed by atoms with Gasteiger partial charge in [-0.25, -0.2) is 0 Å². The maximum atomic E-state index is 12.3. The number of piperidine rings is 1. The minimum absolute atomic E-state index is 0.0642. The number of ether oxygens (including phenoxy) is 1. The molecule has 2 N–H and O–H groups in total. The van der Waals surface area contributed by atoms with Crippen LogP contribution in [0.3, 0.4) is 0 Å². The molecule has 1 aliphatic heterocycles. The minimum atomic E-state index is -0.463. The van der Waals surface area contributed by atoms with Crippen LogP contribution in [-0.2, 0) is 4.79 Å². The highest BCUT2D eigenvalue weighted by atomic mass is 16.5. The van der Waals surface area contributed by atoms with Crippen LogP contribution >= 0.6 is 0 Å². The number of carbonyl (C=O) groups excluding carboxylic acids is 1. The van der Waals surface area contributed by atoms with Gasteiger partial charge in [0, 0.05) is 24.8 Å². The summed E-state index contributed by atoms with van der Waals surface area (Å²) in [5.41, 5.74) is 6.34. The average molecular weight is 262 g/mol. The molecule has 1 aromatic rings. The molecule has 0 radical (unpaired) electrons. The molecule has 0 spiro atoms. The van der Waals surface area contributed by atoms with E-state index in [9.17, 15) is 4.79 Å². The Balaban J connectivity index is 1.92. The predicted octanol–water partition coefficient (Wildman–Crippen LogP) is 2.29. The number of nitrogen functional groups attached to an aromatic ring is 1. The van der Waals surface area contributed by atoms with Crippen molar-refractivity contribution in [2.24, 2.45) is 5.92 Å². The van der Waals surface area contributed by atoms with Crippen LogP contribution < -0.4 is 10.5 Å². The van der Waals surface area contributed by atoms with E-state index in [0.717, 1.165) is 25.9 Å². The fraction of sp³-hybridized carbons (Fsp3) is 0.533. The van der Waals surface area contributed by atoms with E-state index in [0.29, 0.717) is 17.4 Å². The largest absolute Gasteiger partial charge is 0.481 e. The Hall–Kier alpha value is -1.71. The second-order valence-electron chi connectivity index (χ2n) is 5.34. The first kappa shape index (κ1) is 13.7. The van der Waals surface area contributed by atoms with Gasteiger partial charge in [0.15, 0.2) is 6.10 Å². The first-order valence-electron chi connectivity index (χ1n) is 6.87. The summed E-state index contributed by atoms with van der Waals surface area (Å²) in [5.74, 6) is 1.43. The van der Waals surface area contributed by atoms with Gasteiger partial charge in [0.25, 0.3) is 5.91 Å². The van der Waals surface area contributed by atoms with E-state index in [-0.39, 0.29) is 5.91 Å². The van der Waals surface area contributed by atoms with Crippen LogP contribution in [0.5, 0.6) is 5.75 Å². The summed E-state index contributed by atoms with van der Waals surface area (Å²) >= 11 is 0. The number of amides is 1. The summed E-state index contributed by atoms with van der Waals surface area (Å²) in [6, 6.07) is 7.18. The molecule has 1 saturated heterocycles. The van der Waals surface area contributed by atoms with Crippen LogP contribution in [0.1, 0.15) is 26.7 Å². The topological polar surface area (TPSA) is 55.6 Å². The number of nitrogens with two attached hydrogens (primary N) is 1. The van der Waals surface area contributed by atoms with Crippen molar-refractivity contribution in [2.45, 2.75) is 32.8 Å². The molecule has 4 heteroatoms. The third kappa shape index (κ3) is 3.63. The Bertz CT molecular complexity index is 440. The quantitative estimate of drug-likeness (QED) is 0.850. The van der Waals surface area contributed by atoms with Gasteiger partial charge in [0.1, 0.15) is 5.75 Å². The third-order valence-electron chi connectivity index (χ3n) is 3.61. The highest BCUT2D eigenvalue weighted by Gasteiger charge is 2.25. The summed E-state index contributed by atoms with van der Waals surface area (Å²) < 4.78 is 5.67. The van der Waals surface area contributed by atoms with Crippen LogP contribution in [0.25, 0.3) is 0 Å². The molecular weight excluding hydrogens is 240 g/mol. The Labute approximate surface area is 114 Å². The summed E-state index contributed by atoms with van der Waals surface area (Å²) in [4.78, 5) is 14.2. The summed E-state index contributed by atoms with van der Waals surface area (Å²) in [5, 5.41) is 0. The highest BCUT2D eigenvalue weighted by molar-refractivity contribution is 5.81. The van der Waals surface area contributed by atoms with Crippen molar-refractivity contribution in [1.82, 2.24) is 4.90 Å². The van der Waals surface area contributed by atoms with E-state index in [4.69, 9.17) is 10.5 Å². The van der Waals surface area contributed by atoms with Crippen molar-refractivity contribution in [3.8, 4) is 5.75 Å². The number of anilines is 1. The molecule has 104 valence electrons. The van der Waals surface area contributed by atoms with Crippen molar-refractivity contribution in [3.63, 3.8) is 0 Å². The molecule has 0 aliphatic carbocycles. The van der Waals surface area contributed by atoms with Crippen LogP contribution in [-0.4, -0.2) is 30.0 Å². The number of hydrogen-bond acceptors (Lipinski definition) is 3. The van der Waals surface area contributed by atoms with Gasteiger partial charge in [0.05, 0.1) is 0 Å². The van der Waals surface area contributed by atoms with Gasteiger partial charge >= 0.3 is 0 Å². The molecule has 19 heavy (non-hydrogen) atoms. The van der Waals surface area contributed by atoms with Crippen molar-refractivity contribution in [2.75, 3.05) is 18.8 Å². The van der Waals surface area contributed by atoms with Gasteiger partial charge in [-0.15, -0.1) is 0 Å². The Morgan fingerprint density at radius 2 is 2.11 bits per heavy atom. The van der Waals surface area contributed by atoms with E-state index in [1.165, 1.54) is 0 Å². The zero-order chi connectivity index (χ0) is 13.8. The molecule has 2 rings (SSSR count). The molecule has 0 saturated carbocycles. The van der Waals surface area contributed by atoms with Gasteiger partial charge in [0.2, 0.25) is 0 Å². The van der Waals surface area contributed by atoms with E-state index in [2.05, 4.69) is 6.92 Å². The lowest BCUT2D eigenvalue weighted by Gasteiger charge is -2.32. The van der Waals surface area contributed by atoms with Gasteiger partial charge in [-0.2, -0.15) is 0 Å². The second-order valence-corrected chi connectivity index (χ2v) is 5.34. The van der Waals surface area contributed by atoms with Crippen molar-refractivity contribution in [1.29, 1.82) is 0 Å². The number of benzene rings is 1. The average Bonchev–Trinajstić information content (AvgIpc) is 2.39. The third-order valence-corrected chi connectivity index (χ3v) is 3.61. The predicted molar refractivity (Wildman–Crippen MR) is 75.9 cm³/mol. The molecule has 0 aromatic heterocycles. The summed E-state index contributed by atoms with van der Waals surface area (Å²) in [6.45, 7) is 5.70. The molecule has 1 heterocycles. The number of likely N-dealkylation sites (tertiary alicyclic amines) is 1. The van der Waals surface area contributed by atoms with E-state index < -0.39 is 6.10 Å². The lowest BCUT2D eigenvalue weighted by Crippen LogP contribution is -2.44. The maximum Gasteiger partial charge on any atom is 0.263 e. The Kier molecular flexibility index (Phi) is 4.30. The fourth-order valence-electron chi connectivity index (χ4n) is 2.33. The number of carbonyl (C=O) groups is 1. The maximum absolute atomic E-state index is 12.3. The van der Waals surface area contributed by atoms with Gasteiger partial charge in [-0.05, 0) is 37.8 Å². The zero-order valence-corrected chi connectivity index (χ0v) is 11.6. The van der Waals surface area contributed by atoms with Crippen LogP contribution in [0, 0.1) is 5.92 Å². The van der Waals surface area contributed by atoms with Gasteiger partial charge in [-0.1, -0.05) is 13.0 Å². The second kappa shape index (κ2) is 5.95. The lowest BCUT2D eigenvalue weighted by molar-refractivity contribution is -0.139. The number of rotatable bonds is 3. The molecule has 0 bridgehead atoms. The fourth-order valence-corrected chi connectivity index (χ4v) is 2.33. The minimum Gasteiger partial charge on any atom is -0.481 e. The molecular formula is C15H22N2O2. The number of hydrogen-bond donors (Lipinski definition) is 1. The molecule has 1 fully saturated rings. The lowest BCUT2D eigenvalue weighted by atomic mass is 9.99. The van der Waals surface area contributed by atoms with Crippen LogP contribution in [0.2, 0.25) is 0 Å². The molecule has 1 aliphatic rings. The van der Waals surface area contributed by atoms with Crippen molar-refractivity contribution < 1.29 is 9.53 Å². The van der Waals surface area contributed by atoms with E-state index in [1.807, 2.05) is 17.0 Å². The molecule has 1 aromatic carbocycles. The van der Waals surface area contributed by atoms with Gasteiger partial charge in [-0.3, -0.25) is 4.79 Å². The molecule has 1 atom stereocenters. The summed E-state index contributed by atoms with van der Waals surface area (Å²) in [6.07, 6.45) is 1.70. The summed E-state index contributed by atoms with van der Waals surface area (Å²) in [7, 11) is 0. The Morgan fingerprint density at radius 1 is 1.42 bits per heavy atom. The molecule has 0 unspecified atom stereocenters. The zero-order valence-electron chi connectivity index (χ0n) is 11.6. The normalized spacial score (nSPS) is 18.1. The van der Waals surface area contributed by atoms with E-state index >= 15 is 0 Å². The molecule has 1 amide bonds. The molecule has 4 nitrogen and oxygen atoms in total. The monoisotopic (exact) mass is 262 g/mol. The Morgan fingerprint density at radius 3 is 2.74 bits per heavy atom. The first-order valence-corrected chi connectivity index (χ1v) is 6.87. The van der Waals surface area contributed by atoms with Crippen molar-refractivity contribution >= 4 is 11.6 Å². The standard InChI is InChI=1S/C15H22N2O2/c1-11-6-8-17(9-7-11)15(18)12(2)19-14-5-3-4-13(16)10-14/h3-5,10-12H,6-9,16H2,1-2H3/t12-/m1/s1. The first-order chi connectivity index (χ1) is 9.06. The van der Waals surface area contributed by atoms with Crippen molar-refractivity contribution in [3.05, 3.63) is 24.3 Å². The number of nitrogens with zero attached hydrogens (tertiary/aromatic N) is 1. The smallest absolute Gasteiger partial charge is 0.263 e. The van der Waals surface area contributed by atoms with Gasteiger partial charge < -0.3 is 15.4 Å². The highest BCUT2D eigenvalue weighted by Crippen LogP contribution is 2.19.